The molecule has 1 heterocycles. The zero-order chi connectivity index (χ0) is 3.54. The summed E-state index contributed by atoms with van der Waals surface area (Å²) >= 11 is 0. The van der Waals surface area contributed by atoms with E-state index in [2.05, 4.69) is 21.0 Å². The van der Waals surface area contributed by atoms with Crippen LogP contribution in [0.1, 0.15) is 0 Å². The van der Waals surface area contributed by atoms with Crippen LogP contribution in [-0.2, 0) is 20.4 Å². The van der Waals surface area contributed by atoms with Gasteiger partial charge in [0.1, 0.15) is 0 Å². The molecule has 0 saturated heterocycles. The molecule has 1 rings (SSSR count). The van der Waals surface area contributed by atoms with E-state index in [1.807, 2.05) is 0 Å². The Bertz CT molecular complexity index is 68.0. The smallest absolute Gasteiger partial charge is 0.0549 e. The molecule has 4 heteroatoms. The van der Waals surface area contributed by atoms with Crippen LogP contribution >= 0.6 is 0 Å². The van der Waals surface area contributed by atoms with E-state index < -0.39 is 0 Å². The van der Waals surface area contributed by atoms with Crippen molar-refractivity contribution in [1.82, 2.24) is 10.2 Å². The molecule has 0 aliphatic heterocycles. The third kappa shape index (κ3) is 1.29. The summed E-state index contributed by atoms with van der Waals surface area (Å²) in [7, 11) is 0. The maximum atomic E-state index is 4.24. The predicted octanol–water partition coefficient (Wildman–Crippen LogP) is -0.133. The molecular weight excluding hydrogens is 254 g/mol. The second-order valence-corrected chi connectivity index (χ2v) is 0.530. The number of aromatic nitrogens is 2. The van der Waals surface area contributed by atoms with Crippen molar-refractivity contribution >= 4 is 0 Å². The molecule has 0 saturated carbocycles. The number of rotatable bonds is 0. The first-order chi connectivity index (χ1) is 2.50. The molecule has 3 nitrogen and oxygen atoms in total. The zero-order valence-corrected chi connectivity index (χ0v) is 5.47. The fraction of sp³-hybridized carbons (Fsp3) is 0. The van der Waals surface area contributed by atoms with Gasteiger partial charge in [-0.1, -0.05) is 0 Å². The minimum Gasteiger partial charge on any atom is -0.615 e. The van der Waals surface area contributed by atoms with Crippen LogP contribution in [0.4, 0.5) is 0 Å². The summed E-state index contributed by atoms with van der Waals surface area (Å²) < 4.78 is 4.24. The maximum Gasteiger partial charge on any atom is 0.0549 e. The molecule has 0 fully saturated rings. The summed E-state index contributed by atoms with van der Waals surface area (Å²) in [6.07, 6.45) is 3.33. The average molecular weight is 255 g/mol. The van der Waals surface area contributed by atoms with Gasteiger partial charge in [-0.05, 0) is 0 Å². The van der Waals surface area contributed by atoms with Crippen molar-refractivity contribution in [2.24, 2.45) is 0 Å². The van der Waals surface area contributed by atoms with E-state index in [9.17, 15) is 0 Å². The van der Waals surface area contributed by atoms with Crippen molar-refractivity contribution in [3.05, 3.63) is 12.8 Å². The van der Waals surface area contributed by atoms with Gasteiger partial charge in [-0.2, -0.15) is 0 Å². The third-order valence-corrected chi connectivity index (χ3v) is 0.251. The first-order valence-electron chi connectivity index (χ1n) is 1.12. The molecule has 1 aromatic rings. The second-order valence-electron chi connectivity index (χ2n) is 0.530. The second kappa shape index (κ2) is 3.01. The van der Waals surface area contributed by atoms with Gasteiger partial charge in [-0.15, -0.1) is 0 Å². The van der Waals surface area contributed by atoms with Gasteiger partial charge in [0.15, 0.2) is 0 Å². The molecule has 0 bridgehead atoms. The van der Waals surface area contributed by atoms with Crippen LogP contribution < -0.4 is 0 Å². The van der Waals surface area contributed by atoms with Gasteiger partial charge in [0.05, 0.1) is 6.39 Å². The molecule has 33 valence electrons. The Morgan fingerprint density at radius 3 is 2.67 bits per heavy atom. The largest absolute Gasteiger partial charge is 0.615 e. The fourth-order valence-corrected chi connectivity index (χ4v) is 0.118. The van der Waals surface area contributed by atoms with Crippen LogP contribution in [0, 0.1) is 6.39 Å². The summed E-state index contributed by atoms with van der Waals surface area (Å²) in [6, 6.07) is 0. The summed E-state index contributed by atoms with van der Waals surface area (Å²) in [5.74, 6) is 0. The van der Waals surface area contributed by atoms with Crippen molar-refractivity contribution in [1.29, 1.82) is 0 Å². The Balaban J connectivity index is 0.000000250. The fourth-order valence-electron chi connectivity index (χ4n) is 0.118. The van der Waals surface area contributed by atoms with Gasteiger partial charge in [0.25, 0.3) is 0 Å². The molecule has 0 aromatic carbocycles. The van der Waals surface area contributed by atoms with E-state index in [-0.39, 0.29) is 20.4 Å². The van der Waals surface area contributed by atoms with Crippen molar-refractivity contribution in [3.63, 3.8) is 0 Å². The molecule has 6 heavy (non-hydrogen) atoms. The van der Waals surface area contributed by atoms with Gasteiger partial charge in [0.2, 0.25) is 0 Å². The summed E-state index contributed by atoms with van der Waals surface area (Å²) in [4.78, 5) is 0. The van der Waals surface area contributed by atoms with E-state index in [1.165, 1.54) is 6.39 Å². The van der Waals surface area contributed by atoms with E-state index in [1.54, 1.807) is 0 Å². The Morgan fingerprint density at radius 1 is 1.67 bits per heavy atom. The Kier molecular flexibility index (Phi) is 2.91. The zero-order valence-electron chi connectivity index (χ0n) is 2.76. The molecule has 0 unspecified atom stereocenters. The predicted molar refractivity (Wildman–Crippen MR) is 13.1 cm³/mol. The SMILES string of the molecule is [Re].[c-]1nnco1. The molecular formula is C2HN2ORe-. The Morgan fingerprint density at radius 2 is 2.50 bits per heavy atom. The van der Waals surface area contributed by atoms with Gasteiger partial charge < -0.3 is 4.42 Å². The van der Waals surface area contributed by atoms with E-state index in [0.29, 0.717) is 0 Å². The molecule has 1 radical (unpaired) electrons. The Labute approximate surface area is 48.4 Å². The van der Waals surface area contributed by atoms with Gasteiger partial charge in [-0.3, -0.25) is 0 Å². The molecule has 0 N–H and O–H groups in total. The third-order valence-electron chi connectivity index (χ3n) is 0.251. The van der Waals surface area contributed by atoms with Crippen LogP contribution in [0.5, 0.6) is 0 Å². The molecule has 0 aliphatic carbocycles. The van der Waals surface area contributed by atoms with Crippen LogP contribution in [0.3, 0.4) is 0 Å². The van der Waals surface area contributed by atoms with Crippen LogP contribution in [0.25, 0.3) is 0 Å². The molecule has 1 aromatic heterocycles. The summed E-state index contributed by atoms with van der Waals surface area (Å²) in [5, 5.41) is 6.43. The van der Waals surface area contributed by atoms with Crippen molar-refractivity contribution in [3.8, 4) is 0 Å². The standard InChI is InChI=1S/C2HN2O.Re/c1-3-4-2-5-1;/h1H;/q-1;. The minimum atomic E-state index is 0. The van der Waals surface area contributed by atoms with Gasteiger partial charge >= 0.3 is 0 Å². The summed E-state index contributed by atoms with van der Waals surface area (Å²) in [5.41, 5.74) is 0. The van der Waals surface area contributed by atoms with Crippen molar-refractivity contribution < 1.29 is 24.8 Å². The van der Waals surface area contributed by atoms with E-state index in [0.717, 1.165) is 0 Å². The number of nitrogens with zero attached hydrogens (tertiary/aromatic N) is 2. The minimum absolute atomic E-state index is 0. The molecule has 0 aliphatic rings. The van der Waals surface area contributed by atoms with E-state index in [4.69, 9.17) is 0 Å². The van der Waals surface area contributed by atoms with Crippen molar-refractivity contribution in [2.45, 2.75) is 0 Å². The summed E-state index contributed by atoms with van der Waals surface area (Å²) in [6.45, 7) is 0. The molecule has 0 spiro atoms. The molecule has 0 amide bonds. The average Bonchev–Trinajstić information content (AvgIpc) is 1.76. The quantitative estimate of drug-likeness (QED) is 0.606. The van der Waals surface area contributed by atoms with Gasteiger partial charge in [-0.25, -0.2) is 10.2 Å². The van der Waals surface area contributed by atoms with Crippen LogP contribution in [0.15, 0.2) is 10.8 Å². The monoisotopic (exact) mass is 256 g/mol. The number of hydrogen-bond donors (Lipinski definition) is 0. The topological polar surface area (TPSA) is 38.9 Å². The number of hydrogen-bond acceptors (Lipinski definition) is 3. The molecule has 0 atom stereocenters. The normalized spacial score (nSPS) is 6.67. The van der Waals surface area contributed by atoms with E-state index >= 15 is 0 Å². The van der Waals surface area contributed by atoms with Crippen LogP contribution in [-0.4, -0.2) is 10.2 Å². The Hall–Kier alpha value is -0.198. The van der Waals surface area contributed by atoms with Crippen LogP contribution in [0.2, 0.25) is 0 Å². The van der Waals surface area contributed by atoms with Crippen molar-refractivity contribution in [2.75, 3.05) is 0 Å². The van der Waals surface area contributed by atoms with Gasteiger partial charge in [0, 0.05) is 26.8 Å². The maximum absolute atomic E-state index is 4.24. The first kappa shape index (κ1) is 5.80. The first-order valence-corrected chi connectivity index (χ1v) is 1.12.